The molecule has 0 unspecified atom stereocenters. The number of amides is 1. The van der Waals surface area contributed by atoms with Crippen molar-refractivity contribution >= 4 is 23.3 Å². The van der Waals surface area contributed by atoms with Crippen LogP contribution in [-0.4, -0.2) is 29.5 Å². The van der Waals surface area contributed by atoms with Crippen LogP contribution in [0, 0.1) is 10.1 Å². The zero-order valence-electron chi connectivity index (χ0n) is 16.1. The Balaban J connectivity index is 1.85. The third-order valence-corrected chi connectivity index (χ3v) is 4.63. The molecule has 29 heavy (non-hydrogen) atoms. The summed E-state index contributed by atoms with van der Waals surface area (Å²) in [6.07, 6.45) is 4.28. The highest BCUT2D eigenvalue weighted by Gasteiger charge is 2.21. The van der Waals surface area contributed by atoms with Crippen LogP contribution in [0.25, 0.3) is 0 Å². The third-order valence-electron chi connectivity index (χ3n) is 4.63. The van der Waals surface area contributed by atoms with Crippen molar-refractivity contribution in [2.24, 2.45) is 0 Å². The maximum Gasteiger partial charge on any atom is 0.338 e. The second kappa shape index (κ2) is 9.18. The molecule has 2 aromatic rings. The quantitative estimate of drug-likeness (QED) is 0.422. The van der Waals surface area contributed by atoms with Crippen LogP contribution in [-0.2, 0) is 4.74 Å². The highest BCUT2D eigenvalue weighted by molar-refractivity contribution is 6.07. The number of nitrogens with zero attached hydrogens (tertiary/aromatic N) is 1. The molecule has 0 aliphatic heterocycles. The van der Waals surface area contributed by atoms with E-state index in [0.29, 0.717) is 11.4 Å². The molecule has 8 nitrogen and oxygen atoms in total. The number of hydrogen-bond acceptors (Lipinski definition) is 6. The fourth-order valence-corrected chi connectivity index (χ4v) is 3.23. The summed E-state index contributed by atoms with van der Waals surface area (Å²) in [6.45, 7) is 1.75. The van der Waals surface area contributed by atoms with E-state index in [2.05, 4.69) is 5.32 Å². The zero-order chi connectivity index (χ0) is 20.8. The maximum atomic E-state index is 12.8. The molecule has 0 spiro atoms. The van der Waals surface area contributed by atoms with Gasteiger partial charge in [0, 0.05) is 17.7 Å². The van der Waals surface area contributed by atoms with Crippen LogP contribution in [0.3, 0.4) is 0 Å². The molecule has 2 aromatic carbocycles. The number of non-ortho nitro benzene ring substituents is 1. The number of esters is 1. The average molecular weight is 398 g/mol. The number of nitrogens with one attached hydrogen (secondary N) is 1. The maximum absolute atomic E-state index is 12.8. The van der Waals surface area contributed by atoms with Gasteiger partial charge in [0.05, 0.1) is 28.9 Å². The Labute approximate surface area is 168 Å². The van der Waals surface area contributed by atoms with Gasteiger partial charge in [-0.1, -0.05) is 12.1 Å². The van der Waals surface area contributed by atoms with E-state index in [4.69, 9.17) is 9.47 Å². The molecule has 0 radical (unpaired) electrons. The number of nitro benzene ring substituents is 1. The molecule has 0 heterocycles. The molecule has 0 bridgehead atoms. The molecule has 1 aliphatic rings. The van der Waals surface area contributed by atoms with Crippen molar-refractivity contribution in [3.63, 3.8) is 0 Å². The number of ether oxygens (including phenoxy) is 2. The standard InChI is InChI=1S/C21H22N2O6/c1-2-28-21(25)15-11-14(12-16(13-15)23(26)27)20(24)22-18-9-5-6-10-19(18)29-17-7-3-4-8-17/h5-6,9-13,17H,2-4,7-8H2,1H3,(H,22,24). The average Bonchev–Trinajstić information content (AvgIpc) is 3.22. The predicted molar refractivity (Wildman–Crippen MR) is 106 cm³/mol. The first-order chi connectivity index (χ1) is 14.0. The Morgan fingerprint density at radius 2 is 1.83 bits per heavy atom. The van der Waals surface area contributed by atoms with E-state index in [1.165, 1.54) is 6.07 Å². The molecule has 8 heteroatoms. The minimum absolute atomic E-state index is 0.0158. The third kappa shape index (κ3) is 5.10. The summed E-state index contributed by atoms with van der Waals surface area (Å²) >= 11 is 0. The van der Waals surface area contributed by atoms with E-state index in [1.807, 2.05) is 6.07 Å². The van der Waals surface area contributed by atoms with Gasteiger partial charge in [0.1, 0.15) is 5.75 Å². The first-order valence-corrected chi connectivity index (χ1v) is 9.51. The molecule has 1 aliphatic carbocycles. The van der Waals surface area contributed by atoms with Gasteiger partial charge in [-0.3, -0.25) is 14.9 Å². The van der Waals surface area contributed by atoms with E-state index in [0.717, 1.165) is 37.8 Å². The Morgan fingerprint density at radius 3 is 2.52 bits per heavy atom. The summed E-state index contributed by atoms with van der Waals surface area (Å²) in [5.74, 6) is -0.763. The van der Waals surface area contributed by atoms with Gasteiger partial charge in [-0.15, -0.1) is 0 Å². The number of anilines is 1. The van der Waals surface area contributed by atoms with Crippen LogP contribution in [0.15, 0.2) is 42.5 Å². The highest BCUT2D eigenvalue weighted by atomic mass is 16.6. The van der Waals surface area contributed by atoms with Crippen LogP contribution < -0.4 is 10.1 Å². The minimum Gasteiger partial charge on any atom is -0.488 e. The SMILES string of the molecule is CCOC(=O)c1cc(C(=O)Nc2ccccc2OC2CCCC2)cc([N+](=O)[O-])c1. The molecule has 0 atom stereocenters. The van der Waals surface area contributed by atoms with E-state index in [1.54, 1.807) is 25.1 Å². The first-order valence-electron chi connectivity index (χ1n) is 9.51. The number of hydrogen-bond donors (Lipinski definition) is 1. The lowest BCUT2D eigenvalue weighted by Crippen LogP contribution is -2.17. The van der Waals surface area contributed by atoms with Crippen molar-refractivity contribution in [2.45, 2.75) is 38.7 Å². The van der Waals surface area contributed by atoms with Gasteiger partial charge < -0.3 is 14.8 Å². The molecule has 1 fully saturated rings. The summed E-state index contributed by atoms with van der Waals surface area (Å²) in [4.78, 5) is 35.3. The van der Waals surface area contributed by atoms with E-state index in [9.17, 15) is 19.7 Å². The zero-order valence-corrected chi connectivity index (χ0v) is 16.1. The Bertz CT molecular complexity index is 921. The Hall–Kier alpha value is -3.42. The topological polar surface area (TPSA) is 108 Å². The lowest BCUT2D eigenvalue weighted by Gasteiger charge is -2.17. The lowest BCUT2D eigenvalue weighted by atomic mass is 10.1. The number of carbonyl (C=O) groups is 2. The summed E-state index contributed by atoms with van der Waals surface area (Å²) in [5, 5.41) is 13.9. The van der Waals surface area contributed by atoms with Crippen molar-refractivity contribution in [3.8, 4) is 5.75 Å². The Kier molecular flexibility index (Phi) is 6.43. The van der Waals surface area contributed by atoms with E-state index in [-0.39, 0.29) is 29.5 Å². The molecule has 152 valence electrons. The van der Waals surface area contributed by atoms with E-state index < -0.39 is 16.8 Å². The van der Waals surface area contributed by atoms with Gasteiger partial charge in [0.15, 0.2) is 0 Å². The van der Waals surface area contributed by atoms with E-state index >= 15 is 0 Å². The van der Waals surface area contributed by atoms with Crippen molar-refractivity contribution in [1.82, 2.24) is 0 Å². The number of nitro groups is 1. The van der Waals surface area contributed by atoms with Crippen LogP contribution in [0.2, 0.25) is 0 Å². The normalized spacial score (nSPS) is 13.7. The summed E-state index contributed by atoms with van der Waals surface area (Å²) < 4.78 is 10.9. The molecule has 3 rings (SSSR count). The van der Waals surface area contributed by atoms with Crippen molar-refractivity contribution in [1.29, 1.82) is 0 Å². The van der Waals surface area contributed by atoms with Crippen molar-refractivity contribution < 1.29 is 24.0 Å². The van der Waals surface area contributed by atoms with Crippen molar-refractivity contribution in [2.75, 3.05) is 11.9 Å². The van der Waals surface area contributed by atoms with Gasteiger partial charge in [0.2, 0.25) is 0 Å². The fourth-order valence-electron chi connectivity index (χ4n) is 3.23. The molecular weight excluding hydrogens is 376 g/mol. The van der Waals surface area contributed by atoms with Crippen LogP contribution in [0.4, 0.5) is 11.4 Å². The molecule has 1 amide bonds. The number of benzene rings is 2. The summed E-state index contributed by atoms with van der Waals surface area (Å²) in [5.41, 5.74) is 0.0318. The molecule has 0 saturated heterocycles. The minimum atomic E-state index is -0.727. The monoisotopic (exact) mass is 398 g/mol. The number of rotatable bonds is 7. The lowest BCUT2D eigenvalue weighted by molar-refractivity contribution is -0.384. The molecule has 1 N–H and O–H groups in total. The second-order valence-electron chi connectivity index (χ2n) is 6.72. The van der Waals surface area contributed by atoms with Gasteiger partial charge >= 0.3 is 5.97 Å². The van der Waals surface area contributed by atoms with Crippen LogP contribution >= 0.6 is 0 Å². The molecular formula is C21H22N2O6. The summed E-state index contributed by atoms with van der Waals surface area (Å²) in [6, 6.07) is 10.5. The first kappa shape index (κ1) is 20.3. The summed E-state index contributed by atoms with van der Waals surface area (Å²) in [7, 11) is 0. The largest absolute Gasteiger partial charge is 0.488 e. The van der Waals surface area contributed by atoms with Crippen molar-refractivity contribution in [3.05, 3.63) is 63.7 Å². The fraction of sp³-hybridized carbons (Fsp3) is 0.333. The second-order valence-corrected chi connectivity index (χ2v) is 6.72. The van der Waals surface area contributed by atoms with Gasteiger partial charge in [-0.2, -0.15) is 0 Å². The van der Waals surface area contributed by atoms with Gasteiger partial charge in [-0.25, -0.2) is 4.79 Å². The number of carbonyl (C=O) groups excluding carboxylic acids is 2. The number of para-hydroxylation sites is 2. The smallest absolute Gasteiger partial charge is 0.338 e. The van der Waals surface area contributed by atoms with Gasteiger partial charge in [-0.05, 0) is 50.8 Å². The molecule has 1 saturated carbocycles. The van der Waals surface area contributed by atoms with Gasteiger partial charge in [0.25, 0.3) is 11.6 Å². The highest BCUT2D eigenvalue weighted by Crippen LogP contribution is 2.30. The van der Waals surface area contributed by atoms with Crippen LogP contribution in [0.1, 0.15) is 53.3 Å². The predicted octanol–water partition coefficient (Wildman–Crippen LogP) is 4.35. The molecule has 0 aromatic heterocycles. The Morgan fingerprint density at radius 1 is 1.14 bits per heavy atom. The van der Waals surface area contributed by atoms with Crippen LogP contribution in [0.5, 0.6) is 5.75 Å².